The fraction of sp³-hybridized carbons (Fsp3) is 0.409. The van der Waals surface area contributed by atoms with E-state index in [9.17, 15) is 5.26 Å². The lowest BCUT2D eigenvalue weighted by atomic mass is 9.81. The van der Waals surface area contributed by atoms with E-state index in [1.165, 1.54) is 16.8 Å². The monoisotopic (exact) mass is 385 g/mol. The number of nitrogens with zero attached hydrogens (tertiary/aromatic N) is 3. The van der Waals surface area contributed by atoms with Gasteiger partial charge in [0.15, 0.2) is 0 Å². The van der Waals surface area contributed by atoms with Crippen molar-refractivity contribution in [2.24, 2.45) is 0 Å². The summed E-state index contributed by atoms with van der Waals surface area (Å²) in [7, 11) is 8.29. The number of halogens is 1. The van der Waals surface area contributed by atoms with Gasteiger partial charge < -0.3 is 14.5 Å². The van der Waals surface area contributed by atoms with E-state index in [1.807, 2.05) is 26.2 Å². The van der Waals surface area contributed by atoms with Crippen molar-refractivity contribution in [1.82, 2.24) is 4.90 Å². The molecule has 1 aliphatic heterocycles. The summed E-state index contributed by atoms with van der Waals surface area (Å²) in [5, 5.41) is 9.20. The number of fused-ring (bicyclic) bond motifs is 1. The van der Waals surface area contributed by atoms with Crippen LogP contribution in [0.5, 0.6) is 0 Å². The highest BCUT2D eigenvalue weighted by Gasteiger charge is 2.41. The molecule has 2 aromatic carbocycles. The molecule has 144 valence electrons. The highest BCUT2D eigenvalue weighted by molar-refractivity contribution is 5.85. The Hall–Kier alpha value is -2.06. The van der Waals surface area contributed by atoms with Crippen molar-refractivity contribution in [2.75, 3.05) is 39.6 Å². The predicted molar refractivity (Wildman–Crippen MR) is 113 cm³/mol. The first-order valence-corrected chi connectivity index (χ1v) is 9.06. The molecule has 0 saturated carbocycles. The first kappa shape index (κ1) is 21.2. The lowest BCUT2D eigenvalue weighted by molar-refractivity contribution is -0.0139. The molecule has 0 radical (unpaired) electrons. The van der Waals surface area contributed by atoms with Gasteiger partial charge in [0.2, 0.25) is 0 Å². The molecule has 3 rings (SSSR count). The predicted octanol–water partition coefficient (Wildman–Crippen LogP) is 4.16. The van der Waals surface area contributed by atoms with Gasteiger partial charge in [0.05, 0.1) is 18.2 Å². The Labute approximate surface area is 168 Å². The van der Waals surface area contributed by atoms with Gasteiger partial charge in [-0.05, 0) is 74.4 Å². The average Bonchev–Trinajstić information content (AvgIpc) is 3.00. The van der Waals surface area contributed by atoms with E-state index in [-0.39, 0.29) is 12.4 Å². The number of ether oxygens (including phenoxy) is 1. The molecule has 1 atom stereocenters. The van der Waals surface area contributed by atoms with E-state index in [2.05, 4.69) is 60.3 Å². The third kappa shape index (κ3) is 4.27. The fourth-order valence-electron chi connectivity index (χ4n) is 3.72. The summed E-state index contributed by atoms with van der Waals surface area (Å²) in [4.78, 5) is 4.31. The highest BCUT2D eigenvalue weighted by Crippen LogP contribution is 2.45. The van der Waals surface area contributed by atoms with Gasteiger partial charge in [0.25, 0.3) is 0 Å². The Morgan fingerprint density at radius 1 is 1.07 bits per heavy atom. The van der Waals surface area contributed by atoms with Crippen molar-refractivity contribution < 1.29 is 4.74 Å². The minimum absolute atomic E-state index is 0. The second kappa shape index (κ2) is 8.75. The zero-order chi connectivity index (χ0) is 18.7. The van der Waals surface area contributed by atoms with Crippen molar-refractivity contribution in [3.63, 3.8) is 0 Å². The number of hydrogen-bond acceptors (Lipinski definition) is 4. The van der Waals surface area contributed by atoms with Crippen LogP contribution in [-0.4, -0.2) is 39.6 Å². The Balaban J connectivity index is 0.00000261. The van der Waals surface area contributed by atoms with Gasteiger partial charge in [-0.25, -0.2) is 0 Å². The molecule has 0 spiro atoms. The molecule has 0 N–H and O–H groups in total. The van der Waals surface area contributed by atoms with Gasteiger partial charge in [0, 0.05) is 19.8 Å². The van der Waals surface area contributed by atoms with Crippen LogP contribution < -0.4 is 4.90 Å². The first-order chi connectivity index (χ1) is 12.5. The summed E-state index contributed by atoms with van der Waals surface area (Å²) < 4.78 is 6.44. The smallest absolute Gasteiger partial charge is 0.119 e. The molecule has 1 aliphatic rings. The Morgan fingerprint density at radius 3 is 2.37 bits per heavy atom. The number of anilines is 1. The topological polar surface area (TPSA) is 39.5 Å². The Morgan fingerprint density at radius 2 is 1.78 bits per heavy atom. The molecule has 5 heteroatoms. The zero-order valence-electron chi connectivity index (χ0n) is 16.5. The molecule has 0 amide bonds. The van der Waals surface area contributed by atoms with Gasteiger partial charge in [-0.3, -0.25) is 0 Å². The van der Waals surface area contributed by atoms with Gasteiger partial charge in [0.1, 0.15) is 5.60 Å². The molecule has 0 bridgehead atoms. The van der Waals surface area contributed by atoms with Crippen molar-refractivity contribution in [3.05, 3.63) is 64.7 Å². The average molecular weight is 386 g/mol. The molecular formula is C22H28ClN3O. The normalized spacial score (nSPS) is 17.9. The SMILES string of the molecule is CN(C)CCCC1(c2ccc(N(C)C)cc2)OCc2cc(C#N)ccc21.Cl. The minimum atomic E-state index is -0.426. The van der Waals surface area contributed by atoms with Crippen molar-refractivity contribution in [3.8, 4) is 6.07 Å². The van der Waals surface area contributed by atoms with Crippen LogP contribution >= 0.6 is 12.4 Å². The first-order valence-electron chi connectivity index (χ1n) is 9.06. The third-order valence-corrected chi connectivity index (χ3v) is 5.13. The highest BCUT2D eigenvalue weighted by atomic mass is 35.5. The maximum absolute atomic E-state index is 9.20. The largest absolute Gasteiger partial charge is 0.378 e. The molecule has 0 aliphatic carbocycles. The zero-order valence-corrected chi connectivity index (χ0v) is 17.3. The maximum Gasteiger partial charge on any atom is 0.119 e. The molecule has 1 unspecified atom stereocenters. The molecule has 1 heterocycles. The van der Waals surface area contributed by atoms with Crippen molar-refractivity contribution in [1.29, 1.82) is 5.26 Å². The van der Waals surface area contributed by atoms with E-state index >= 15 is 0 Å². The fourth-order valence-corrected chi connectivity index (χ4v) is 3.72. The summed E-state index contributed by atoms with van der Waals surface area (Å²) in [5.41, 5.74) is 4.96. The molecule has 0 fully saturated rings. The summed E-state index contributed by atoms with van der Waals surface area (Å²) >= 11 is 0. The molecule has 0 aromatic heterocycles. The van der Waals surface area contributed by atoms with E-state index in [0.717, 1.165) is 24.9 Å². The Bertz CT molecular complexity index is 811. The maximum atomic E-state index is 9.20. The Kier molecular flexibility index (Phi) is 6.89. The summed E-state index contributed by atoms with van der Waals surface area (Å²) in [6, 6.07) is 16.8. The number of benzene rings is 2. The van der Waals surface area contributed by atoms with Crippen LogP contribution in [0.1, 0.15) is 35.1 Å². The van der Waals surface area contributed by atoms with Gasteiger partial charge in [-0.15, -0.1) is 12.4 Å². The van der Waals surface area contributed by atoms with Crippen LogP contribution in [0.25, 0.3) is 0 Å². The number of rotatable bonds is 6. The van der Waals surface area contributed by atoms with E-state index < -0.39 is 5.60 Å². The second-order valence-electron chi connectivity index (χ2n) is 7.45. The second-order valence-corrected chi connectivity index (χ2v) is 7.45. The van der Waals surface area contributed by atoms with Crippen LogP contribution in [0.4, 0.5) is 5.69 Å². The van der Waals surface area contributed by atoms with E-state index in [4.69, 9.17) is 4.74 Å². The van der Waals surface area contributed by atoms with Crippen LogP contribution in [0.15, 0.2) is 42.5 Å². The number of nitriles is 1. The van der Waals surface area contributed by atoms with E-state index in [1.54, 1.807) is 0 Å². The standard InChI is InChI=1S/C22H27N3O.ClH/c1-24(2)13-5-12-22(19-7-9-20(10-8-19)25(3)4)21-11-6-17(15-23)14-18(21)16-26-22;/h6-11,14H,5,12-13,16H2,1-4H3;1H. The third-order valence-electron chi connectivity index (χ3n) is 5.13. The van der Waals surface area contributed by atoms with E-state index in [0.29, 0.717) is 12.2 Å². The van der Waals surface area contributed by atoms with Gasteiger partial charge >= 0.3 is 0 Å². The number of hydrogen-bond donors (Lipinski definition) is 0. The lowest BCUT2D eigenvalue weighted by Crippen LogP contribution is -2.28. The van der Waals surface area contributed by atoms with Crippen LogP contribution in [0, 0.1) is 11.3 Å². The summed E-state index contributed by atoms with van der Waals surface area (Å²) in [6.45, 7) is 1.58. The van der Waals surface area contributed by atoms with Gasteiger partial charge in [-0.1, -0.05) is 18.2 Å². The minimum Gasteiger partial charge on any atom is -0.378 e. The summed E-state index contributed by atoms with van der Waals surface area (Å²) in [5.74, 6) is 0. The van der Waals surface area contributed by atoms with Crippen molar-refractivity contribution in [2.45, 2.75) is 25.0 Å². The van der Waals surface area contributed by atoms with Crippen molar-refractivity contribution >= 4 is 18.1 Å². The summed E-state index contributed by atoms with van der Waals surface area (Å²) in [6.07, 6.45) is 1.97. The van der Waals surface area contributed by atoms with Crippen LogP contribution in [0.3, 0.4) is 0 Å². The molecule has 27 heavy (non-hydrogen) atoms. The van der Waals surface area contributed by atoms with Crippen LogP contribution in [-0.2, 0) is 16.9 Å². The van der Waals surface area contributed by atoms with Crippen LogP contribution in [0.2, 0.25) is 0 Å². The molecule has 4 nitrogen and oxygen atoms in total. The quantitative estimate of drug-likeness (QED) is 0.748. The van der Waals surface area contributed by atoms with Gasteiger partial charge in [-0.2, -0.15) is 5.26 Å². The molecule has 2 aromatic rings. The lowest BCUT2D eigenvalue weighted by Gasteiger charge is -2.31. The molecule has 0 saturated heterocycles. The molecular weight excluding hydrogens is 358 g/mol.